The van der Waals surface area contributed by atoms with Crippen LogP contribution in [-0.2, 0) is 41.5 Å². The van der Waals surface area contributed by atoms with Gasteiger partial charge in [0.1, 0.15) is 53.4 Å². The number of hydrogen-bond acceptors (Lipinski definition) is 18. The second kappa shape index (κ2) is 26.2. The number of hydrogen-bond donors (Lipinski definition) is 0. The second-order valence-corrected chi connectivity index (χ2v) is 22.5. The fourth-order valence-electron chi connectivity index (χ4n) is 9.51. The molecule has 0 spiro atoms. The first-order chi connectivity index (χ1) is 37.6. The van der Waals surface area contributed by atoms with E-state index < -0.39 is 23.8 Å². The Morgan fingerprint density at radius 1 is 0.859 bits per heavy atom. The highest BCUT2D eigenvalue weighted by atomic mass is 35.5. The number of methoxy groups -OCH3 is 1. The lowest BCUT2D eigenvalue weighted by Crippen LogP contribution is -2.49. The lowest BCUT2D eigenvalue weighted by molar-refractivity contribution is -0.163. The number of halogens is 3. The van der Waals surface area contributed by atoms with Crippen LogP contribution >= 0.6 is 34.5 Å². The number of benzene rings is 3. The quantitative estimate of drug-likeness (QED) is 0.0557. The van der Waals surface area contributed by atoms with Gasteiger partial charge in [-0.15, -0.1) is 11.3 Å². The molecule has 21 heteroatoms. The molecule has 4 aliphatic rings. The maximum absolute atomic E-state index is 14.6. The monoisotopic (exact) mass is 1130 g/mol. The Morgan fingerprint density at radius 2 is 1.56 bits per heavy atom. The van der Waals surface area contributed by atoms with Crippen molar-refractivity contribution in [2.45, 2.75) is 65.5 Å². The standard InChI is InChI=1S/C57H68Cl2FN7O10S/c1-35-46-36(2)50(59)51(49(35)58)75-43(30-66-18-16-65(6)17-19-66)33-73-42-12-13-44(74-32-41-14-15-61-56(64-41)67-28-37(29-67)31-72-25-24-71-23-22-70-21-20-69-7)39(26-42)27-45(55(68)77-57(3,4)5)76-53-48-47(46)52(78-54(48)63-34-62-53)38-8-10-40(60)11-9-38/h8-15,26,34,37,43,45H,16-25,27-33H2,1-7H3/t43-,45-/m1/s1. The van der Waals surface area contributed by atoms with E-state index in [1.54, 1.807) is 46.2 Å². The van der Waals surface area contributed by atoms with Crippen LogP contribution in [0.5, 0.6) is 23.1 Å². The Balaban J connectivity index is 1.03. The molecule has 17 nitrogen and oxygen atoms in total. The predicted octanol–water partition coefficient (Wildman–Crippen LogP) is 9.31. The number of rotatable bonds is 19. The Bertz CT molecular complexity index is 2980. The Morgan fingerprint density at radius 3 is 2.27 bits per heavy atom. The number of esters is 1. The number of anilines is 1. The van der Waals surface area contributed by atoms with Gasteiger partial charge in [0.2, 0.25) is 17.9 Å². The first-order valence-electron chi connectivity index (χ1n) is 26.3. The lowest BCUT2D eigenvalue weighted by Gasteiger charge is -2.39. The fourth-order valence-corrected chi connectivity index (χ4v) is 11.2. The van der Waals surface area contributed by atoms with Gasteiger partial charge in [0, 0.05) is 87.5 Å². The molecule has 2 atom stereocenters. The Kier molecular flexibility index (Phi) is 19.2. The molecule has 4 aliphatic heterocycles. The average molecular weight is 1130 g/mol. The fraction of sp³-hybridized carbons (Fsp3) is 0.491. The molecule has 0 amide bonds. The van der Waals surface area contributed by atoms with Crippen molar-refractivity contribution in [2.75, 3.05) is 118 Å². The Labute approximate surface area is 469 Å². The summed E-state index contributed by atoms with van der Waals surface area (Å²) >= 11 is 16.2. The average Bonchev–Trinajstić information content (AvgIpc) is 4.02. The van der Waals surface area contributed by atoms with Gasteiger partial charge in [0.25, 0.3) is 0 Å². The molecule has 0 N–H and O–H groups in total. The molecule has 0 aliphatic carbocycles. The first-order valence-corrected chi connectivity index (χ1v) is 27.9. The van der Waals surface area contributed by atoms with Gasteiger partial charge < -0.3 is 52.4 Å². The van der Waals surface area contributed by atoms with E-state index >= 15 is 0 Å². The minimum absolute atomic E-state index is 0.0237. The molecule has 418 valence electrons. The maximum Gasteiger partial charge on any atom is 0.348 e. The predicted molar refractivity (Wildman–Crippen MR) is 298 cm³/mol. The molecule has 78 heavy (non-hydrogen) atoms. The van der Waals surface area contributed by atoms with Crippen molar-refractivity contribution < 1.29 is 51.8 Å². The van der Waals surface area contributed by atoms with E-state index in [2.05, 4.69) is 26.7 Å². The highest BCUT2D eigenvalue weighted by Crippen LogP contribution is 2.53. The zero-order valence-electron chi connectivity index (χ0n) is 45.3. The van der Waals surface area contributed by atoms with Crippen molar-refractivity contribution in [3.8, 4) is 44.7 Å². The summed E-state index contributed by atoms with van der Waals surface area (Å²) < 4.78 is 69.6. The molecular weight excluding hydrogens is 1060 g/mol. The van der Waals surface area contributed by atoms with E-state index in [4.69, 9.17) is 80.8 Å². The summed E-state index contributed by atoms with van der Waals surface area (Å²) in [5.74, 6) is 1.34. The van der Waals surface area contributed by atoms with Gasteiger partial charge in [-0.25, -0.2) is 29.1 Å². The van der Waals surface area contributed by atoms with E-state index in [0.717, 1.165) is 44.1 Å². The molecule has 7 heterocycles. The summed E-state index contributed by atoms with van der Waals surface area (Å²) in [4.78, 5) is 41.6. The number of thiophene rings is 1. The van der Waals surface area contributed by atoms with Crippen LogP contribution < -0.4 is 23.8 Å². The van der Waals surface area contributed by atoms with Crippen molar-refractivity contribution in [1.29, 1.82) is 0 Å². The number of ether oxygens (including phenoxy) is 9. The van der Waals surface area contributed by atoms with Crippen LogP contribution in [0.15, 0.2) is 61.1 Å². The zero-order valence-corrected chi connectivity index (χ0v) is 47.6. The third kappa shape index (κ3) is 14.3. The van der Waals surface area contributed by atoms with Crippen LogP contribution in [0.25, 0.3) is 31.8 Å². The van der Waals surface area contributed by atoms with Crippen molar-refractivity contribution in [3.63, 3.8) is 0 Å². The van der Waals surface area contributed by atoms with Crippen molar-refractivity contribution in [3.05, 3.63) is 99.3 Å². The van der Waals surface area contributed by atoms with Crippen LogP contribution in [0.4, 0.5) is 10.3 Å². The van der Waals surface area contributed by atoms with Crippen LogP contribution in [0, 0.1) is 25.6 Å². The van der Waals surface area contributed by atoms with Crippen molar-refractivity contribution in [1.82, 2.24) is 29.7 Å². The van der Waals surface area contributed by atoms with Gasteiger partial charge in [-0.2, -0.15) is 0 Å². The van der Waals surface area contributed by atoms with Gasteiger partial charge in [-0.1, -0.05) is 35.3 Å². The molecule has 2 fully saturated rings. The second-order valence-electron chi connectivity index (χ2n) is 20.7. The van der Waals surface area contributed by atoms with Crippen LogP contribution in [0.1, 0.15) is 43.2 Å². The minimum atomic E-state index is -1.27. The smallest absolute Gasteiger partial charge is 0.348 e. The molecule has 0 radical (unpaired) electrons. The number of aromatic nitrogens is 4. The number of nitrogens with zero attached hydrogens (tertiary/aromatic N) is 7. The van der Waals surface area contributed by atoms with Gasteiger partial charge in [-0.05, 0) is 100 Å². The third-order valence-electron chi connectivity index (χ3n) is 13.6. The van der Waals surface area contributed by atoms with Gasteiger partial charge in [-0.3, -0.25) is 4.90 Å². The van der Waals surface area contributed by atoms with Gasteiger partial charge in [0.05, 0.1) is 67.4 Å². The topological polar surface area (TPSA) is 161 Å². The molecular formula is C57H68Cl2FN7O10S. The number of carbonyl (C=O) groups excluding carboxylic acids is 1. The molecule has 10 rings (SSSR count). The lowest BCUT2D eigenvalue weighted by atomic mass is 9.92. The summed E-state index contributed by atoms with van der Waals surface area (Å²) in [5.41, 5.74) is 3.79. The van der Waals surface area contributed by atoms with Crippen LogP contribution in [0.3, 0.4) is 0 Å². The zero-order chi connectivity index (χ0) is 54.9. The maximum atomic E-state index is 14.6. The summed E-state index contributed by atoms with van der Waals surface area (Å²) in [7, 11) is 3.76. The first kappa shape index (κ1) is 57.2. The number of piperazine rings is 1. The van der Waals surface area contributed by atoms with E-state index in [0.29, 0.717) is 141 Å². The summed E-state index contributed by atoms with van der Waals surface area (Å²) in [6.45, 7) is 18.7. The SMILES string of the molecule is COCCOCCOCCOCC1CN(c2nccc(COc3ccc4cc3C[C@H](C(=O)OC(C)(C)C)Oc3ncnc5sc(-c6ccc(F)cc6)c(c35)-c3c(C)c(Cl)c(c(Cl)c3C)O[C@H](CN3CCN(C)CC3)CO4)n2)C1. The van der Waals surface area contributed by atoms with E-state index in [1.165, 1.54) is 29.8 Å². The minimum Gasteiger partial charge on any atom is -0.490 e. The van der Waals surface area contributed by atoms with Gasteiger partial charge >= 0.3 is 5.97 Å². The molecule has 3 aromatic carbocycles. The van der Waals surface area contributed by atoms with Crippen LogP contribution in [0.2, 0.25) is 10.0 Å². The number of likely N-dealkylation sites (N-methyl/N-ethyl adjacent to an activating group) is 1. The summed E-state index contributed by atoms with van der Waals surface area (Å²) in [6, 6.07) is 13.6. The van der Waals surface area contributed by atoms with E-state index in [9.17, 15) is 9.18 Å². The summed E-state index contributed by atoms with van der Waals surface area (Å²) in [6.07, 6.45) is 1.30. The highest BCUT2D eigenvalue weighted by molar-refractivity contribution is 7.22. The van der Waals surface area contributed by atoms with Crippen molar-refractivity contribution >= 4 is 56.7 Å². The molecule has 6 aromatic rings. The summed E-state index contributed by atoms with van der Waals surface area (Å²) in [5, 5.41) is 1.14. The van der Waals surface area contributed by atoms with E-state index in [1.807, 2.05) is 38.1 Å². The van der Waals surface area contributed by atoms with Crippen LogP contribution in [-0.4, -0.2) is 166 Å². The molecule has 3 aromatic heterocycles. The number of fused-ring (bicyclic) bond motifs is 7. The van der Waals surface area contributed by atoms with E-state index in [-0.39, 0.29) is 31.3 Å². The largest absolute Gasteiger partial charge is 0.490 e. The Hall–Kier alpha value is -5.48. The third-order valence-corrected chi connectivity index (χ3v) is 15.7. The molecule has 2 saturated heterocycles. The van der Waals surface area contributed by atoms with Gasteiger partial charge in [0.15, 0.2) is 5.75 Å². The molecule has 0 saturated carbocycles. The van der Waals surface area contributed by atoms with Crippen molar-refractivity contribution in [2.24, 2.45) is 5.92 Å². The normalized spacial score (nSPS) is 17.5. The molecule has 0 unspecified atom stereocenters. The number of carbonyl (C=O) groups is 1. The highest BCUT2D eigenvalue weighted by Gasteiger charge is 2.35. The molecule has 4 bridgehead atoms.